The summed E-state index contributed by atoms with van der Waals surface area (Å²) >= 11 is 1.55. The zero-order valence-electron chi connectivity index (χ0n) is 12.0. The van der Waals surface area contributed by atoms with Crippen LogP contribution < -0.4 is 0 Å². The van der Waals surface area contributed by atoms with Crippen molar-refractivity contribution in [1.29, 1.82) is 0 Å². The van der Waals surface area contributed by atoms with Crippen LogP contribution in [0.3, 0.4) is 0 Å². The molecule has 2 aromatic rings. The van der Waals surface area contributed by atoms with Gasteiger partial charge in [-0.15, -0.1) is 11.3 Å². The van der Waals surface area contributed by atoms with E-state index in [1.54, 1.807) is 11.3 Å². The number of carboxylic acid groups (broad SMARTS) is 1. The van der Waals surface area contributed by atoms with Crippen LogP contribution in [-0.2, 0) is 16.6 Å². The number of rotatable bonds is 5. The number of thiazole rings is 1. The molecule has 0 bridgehead atoms. The summed E-state index contributed by atoms with van der Waals surface area (Å²) in [6.45, 7) is 6.51. The first-order valence-electron chi connectivity index (χ1n) is 6.63. The monoisotopic (exact) mass is 289 g/mol. The van der Waals surface area contributed by atoms with Crippen molar-refractivity contribution in [2.24, 2.45) is 0 Å². The highest BCUT2D eigenvalue weighted by Gasteiger charge is 2.32. The summed E-state index contributed by atoms with van der Waals surface area (Å²) in [6, 6.07) is 10.3. The van der Waals surface area contributed by atoms with Crippen LogP contribution in [0.5, 0.6) is 0 Å². The molecular formula is C16H19NO2S. The molecule has 0 aliphatic heterocycles. The molecule has 0 fully saturated rings. The van der Waals surface area contributed by atoms with Gasteiger partial charge in [0.2, 0.25) is 0 Å². The van der Waals surface area contributed by atoms with E-state index < -0.39 is 5.97 Å². The molecule has 3 nitrogen and oxygen atoms in total. The maximum atomic E-state index is 10.7. The van der Waals surface area contributed by atoms with Gasteiger partial charge in [0.25, 0.3) is 0 Å². The predicted octanol–water partition coefficient (Wildman–Crippen LogP) is 3.85. The number of nitrogens with zero attached hydrogens (tertiary/aromatic N) is 1. The molecule has 1 atom stereocenters. The number of aromatic nitrogens is 1. The van der Waals surface area contributed by atoms with Gasteiger partial charge in [-0.25, -0.2) is 4.98 Å². The van der Waals surface area contributed by atoms with Gasteiger partial charge < -0.3 is 5.11 Å². The van der Waals surface area contributed by atoms with Gasteiger partial charge in [0.15, 0.2) is 0 Å². The number of hydrogen-bond donors (Lipinski definition) is 1. The van der Waals surface area contributed by atoms with E-state index in [9.17, 15) is 4.79 Å². The Kier molecular flexibility index (Phi) is 4.23. The second-order valence-corrected chi connectivity index (χ2v) is 6.43. The van der Waals surface area contributed by atoms with E-state index in [2.05, 4.69) is 37.9 Å². The fraction of sp³-hybridized carbons (Fsp3) is 0.375. The Labute approximate surface area is 123 Å². The fourth-order valence-electron chi connectivity index (χ4n) is 2.18. The number of hydrogen-bond acceptors (Lipinski definition) is 3. The number of benzene rings is 1. The van der Waals surface area contributed by atoms with Crippen LogP contribution in [0, 0.1) is 0 Å². The van der Waals surface area contributed by atoms with Gasteiger partial charge in [0, 0.05) is 10.8 Å². The van der Waals surface area contributed by atoms with Gasteiger partial charge >= 0.3 is 5.97 Å². The Morgan fingerprint density at radius 3 is 2.60 bits per heavy atom. The Hall–Kier alpha value is -1.68. The molecule has 0 aliphatic carbocycles. The fourth-order valence-corrected chi connectivity index (χ4v) is 3.22. The van der Waals surface area contributed by atoms with E-state index in [0.717, 1.165) is 5.01 Å². The molecule has 1 heterocycles. The summed E-state index contributed by atoms with van der Waals surface area (Å²) in [5.41, 5.74) is 1.79. The smallest absolute Gasteiger partial charge is 0.309 e. The lowest BCUT2D eigenvalue weighted by Crippen LogP contribution is -2.25. The first-order valence-corrected chi connectivity index (χ1v) is 7.51. The first-order chi connectivity index (χ1) is 9.41. The van der Waals surface area contributed by atoms with Crippen molar-refractivity contribution in [1.82, 2.24) is 4.98 Å². The van der Waals surface area contributed by atoms with Crippen molar-refractivity contribution in [2.75, 3.05) is 0 Å². The molecule has 2 rings (SSSR count). The highest BCUT2D eigenvalue weighted by atomic mass is 32.1. The maximum absolute atomic E-state index is 10.7. The van der Waals surface area contributed by atoms with Crippen molar-refractivity contribution < 1.29 is 9.90 Å². The van der Waals surface area contributed by atoms with Crippen LogP contribution in [0.25, 0.3) is 0 Å². The average Bonchev–Trinajstić information content (AvgIpc) is 2.87. The third kappa shape index (κ3) is 3.07. The topological polar surface area (TPSA) is 50.2 Å². The molecule has 1 unspecified atom stereocenters. The van der Waals surface area contributed by atoms with Crippen molar-refractivity contribution in [3.8, 4) is 0 Å². The molecule has 0 saturated heterocycles. The van der Waals surface area contributed by atoms with Crippen LogP contribution >= 0.6 is 11.3 Å². The molecule has 1 N–H and O–H groups in total. The van der Waals surface area contributed by atoms with E-state index in [0.29, 0.717) is 11.6 Å². The van der Waals surface area contributed by atoms with Crippen molar-refractivity contribution in [3.05, 3.63) is 52.0 Å². The molecule has 0 amide bonds. The molecular weight excluding hydrogens is 270 g/mol. The van der Waals surface area contributed by atoms with Crippen molar-refractivity contribution >= 4 is 17.3 Å². The highest BCUT2D eigenvalue weighted by Crippen LogP contribution is 2.39. The molecule has 4 heteroatoms. The van der Waals surface area contributed by atoms with Crippen LogP contribution in [0.4, 0.5) is 0 Å². The Morgan fingerprint density at radius 2 is 2.00 bits per heavy atom. The lowest BCUT2D eigenvalue weighted by atomic mass is 9.76. The van der Waals surface area contributed by atoms with E-state index in [1.807, 2.05) is 23.6 Å². The molecule has 0 spiro atoms. The normalized spacial score (nSPS) is 13.2. The standard InChI is InChI=1S/C16H19NO2S/c1-11(12-7-5-4-6-8-12)16(2,3)15-17-13(10-20-15)9-14(18)19/h4-8,10-11H,9H2,1-3H3,(H,18,19). The van der Waals surface area contributed by atoms with Crippen molar-refractivity contribution in [2.45, 2.75) is 38.5 Å². The molecule has 0 radical (unpaired) electrons. The van der Waals surface area contributed by atoms with Gasteiger partial charge in [-0.05, 0) is 11.5 Å². The average molecular weight is 289 g/mol. The van der Waals surface area contributed by atoms with Gasteiger partial charge in [0.05, 0.1) is 17.1 Å². The molecule has 0 aliphatic rings. The molecule has 20 heavy (non-hydrogen) atoms. The van der Waals surface area contributed by atoms with E-state index >= 15 is 0 Å². The summed E-state index contributed by atoms with van der Waals surface area (Å²) in [4.78, 5) is 15.3. The Morgan fingerprint density at radius 1 is 1.35 bits per heavy atom. The third-order valence-electron chi connectivity index (χ3n) is 3.82. The lowest BCUT2D eigenvalue weighted by molar-refractivity contribution is -0.136. The zero-order chi connectivity index (χ0) is 14.8. The number of aliphatic carboxylic acids is 1. The Bertz CT molecular complexity index is 590. The van der Waals surface area contributed by atoms with E-state index in [-0.39, 0.29) is 11.8 Å². The molecule has 1 aromatic carbocycles. The Balaban J connectivity index is 2.25. The zero-order valence-corrected chi connectivity index (χ0v) is 12.8. The summed E-state index contributed by atoms with van der Waals surface area (Å²) in [5, 5.41) is 11.7. The SMILES string of the molecule is CC(c1ccccc1)C(C)(C)c1nc(CC(=O)O)cs1. The quantitative estimate of drug-likeness (QED) is 0.909. The summed E-state index contributed by atoms with van der Waals surface area (Å²) < 4.78 is 0. The van der Waals surface area contributed by atoms with Crippen LogP contribution in [0.15, 0.2) is 35.7 Å². The predicted molar refractivity (Wildman–Crippen MR) is 81.3 cm³/mol. The minimum Gasteiger partial charge on any atom is -0.481 e. The largest absolute Gasteiger partial charge is 0.481 e. The lowest BCUT2D eigenvalue weighted by Gasteiger charge is -2.30. The summed E-state index contributed by atoms with van der Waals surface area (Å²) in [7, 11) is 0. The summed E-state index contributed by atoms with van der Waals surface area (Å²) in [5.74, 6) is -0.525. The third-order valence-corrected chi connectivity index (χ3v) is 5.05. The minimum absolute atomic E-state index is 0.00764. The van der Waals surface area contributed by atoms with Gasteiger partial charge in [-0.1, -0.05) is 51.1 Å². The van der Waals surface area contributed by atoms with Crippen LogP contribution in [0.1, 0.15) is 43.0 Å². The molecule has 106 valence electrons. The number of carboxylic acids is 1. The van der Waals surface area contributed by atoms with Gasteiger partial charge in [-0.3, -0.25) is 4.79 Å². The minimum atomic E-state index is -0.837. The maximum Gasteiger partial charge on any atom is 0.309 e. The van der Waals surface area contributed by atoms with Crippen LogP contribution in [-0.4, -0.2) is 16.1 Å². The van der Waals surface area contributed by atoms with Crippen LogP contribution in [0.2, 0.25) is 0 Å². The van der Waals surface area contributed by atoms with Gasteiger partial charge in [-0.2, -0.15) is 0 Å². The van der Waals surface area contributed by atoms with Gasteiger partial charge in [0.1, 0.15) is 0 Å². The van der Waals surface area contributed by atoms with E-state index in [4.69, 9.17) is 5.11 Å². The number of carbonyl (C=O) groups is 1. The second kappa shape index (κ2) is 5.75. The van der Waals surface area contributed by atoms with E-state index in [1.165, 1.54) is 5.56 Å². The first kappa shape index (κ1) is 14.7. The molecule has 0 saturated carbocycles. The summed E-state index contributed by atoms with van der Waals surface area (Å²) in [6.07, 6.45) is -0.00764. The highest BCUT2D eigenvalue weighted by molar-refractivity contribution is 7.09. The van der Waals surface area contributed by atoms with Crippen molar-refractivity contribution in [3.63, 3.8) is 0 Å². The molecule has 1 aromatic heterocycles. The second-order valence-electron chi connectivity index (χ2n) is 5.57.